The van der Waals surface area contributed by atoms with Crippen LogP contribution in [0.1, 0.15) is 54.9 Å². The van der Waals surface area contributed by atoms with E-state index in [0.29, 0.717) is 31.4 Å². The summed E-state index contributed by atoms with van der Waals surface area (Å²) in [6, 6.07) is 8.79. The predicted molar refractivity (Wildman–Crippen MR) is 92.7 cm³/mol. The molecule has 1 aromatic carbocycles. The minimum atomic E-state index is 0.171. The van der Waals surface area contributed by atoms with Crippen molar-refractivity contribution in [3.63, 3.8) is 0 Å². The number of rotatable bonds is 7. The van der Waals surface area contributed by atoms with Gasteiger partial charge in [-0.15, -0.1) is 0 Å². The molecule has 1 aliphatic rings. The number of hydrogen-bond donors (Lipinski definition) is 1. The van der Waals surface area contributed by atoms with Crippen molar-refractivity contribution in [3.05, 3.63) is 47.1 Å². The highest BCUT2D eigenvalue weighted by molar-refractivity contribution is 5.27. The zero-order chi connectivity index (χ0) is 16.8. The highest BCUT2D eigenvalue weighted by Gasteiger charge is 2.22. The molecule has 3 rings (SSSR count). The maximum Gasteiger partial charge on any atom is 0.231 e. The van der Waals surface area contributed by atoms with E-state index in [1.54, 1.807) is 0 Å². The number of benzene rings is 1. The third-order valence-electron chi connectivity index (χ3n) is 4.94. The molecule has 1 fully saturated rings. The van der Waals surface area contributed by atoms with Crippen molar-refractivity contribution in [2.24, 2.45) is 0 Å². The van der Waals surface area contributed by atoms with Crippen LogP contribution < -0.4 is 0 Å². The van der Waals surface area contributed by atoms with Crippen LogP contribution in [-0.4, -0.2) is 39.3 Å². The van der Waals surface area contributed by atoms with E-state index in [1.807, 2.05) is 12.1 Å². The van der Waals surface area contributed by atoms with Crippen LogP contribution >= 0.6 is 0 Å². The van der Waals surface area contributed by atoms with E-state index < -0.39 is 0 Å². The van der Waals surface area contributed by atoms with Gasteiger partial charge >= 0.3 is 0 Å². The first kappa shape index (κ1) is 17.1. The Bertz CT molecular complexity index is 635. The van der Waals surface area contributed by atoms with E-state index in [1.165, 1.54) is 43.2 Å². The zero-order valence-corrected chi connectivity index (χ0v) is 14.4. The van der Waals surface area contributed by atoms with Gasteiger partial charge in [-0.25, -0.2) is 0 Å². The second kappa shape index (κ2) is 8.40. The standard InChI is InChI=1S/C19H27N3O2/c1-15-7-5-6-8-16(15)13-19-20-18(21-24-19)14-22(11-12-23)17-9-3-2-4-10-17/h5-8,17,23H,2-4,9-14H2,1H3. The summed E-state index contributed by atoms with van der Waals surface area (Å²) >= 11 is 0. The highest BCUT2D eigenvalue weighted by atomic mass is 16.5. The molecule has 0 atom stereocenters. The zero-order valence-electron chi connectivity index (χ0n) is 14.4. The Morgan fingerprint density at radius 3 is 2.75 bits per heavy atom. The molecule has 0 amide bonds. The molecule has 5 heteroatoms. The molecule has 0 bridgehead atoms. The van der Waals surface area contributed by atoms with Crippen LogP contribution in [0.3, 0.4) is 0 Å². The molecule has 130 valence electrons. The van der Waals surface area contributed by atoms with Crippen LogP contribution in [0.5, 0.6) is 0 Å². The maximum atomic E-state index is 9.37. The third kappa shape index (κ3) is 4.42. The van der Waals surface area contributed by atoms with Crippen LogP contribution in [0.15, 0.2) is 28.8 Å². The predicted octanol–water partition coefficient (Wildman–Crippen LogP) is 3.10. The molecular formula is C19H27N3O2. The molecular weight excluding hydrogens is 302 g/mol. The maximum absolute atomic E-state index is 9.37. The highest BCUT2D eigenvalue weighted by Crippen LogP contribution is 2.23. The first-order valence-electron chi connectivity index (χ1n) is 8.97. The SMILES string of the molecule is Cc1ccccc1Cc1nc(CN(CCO)C2CCCCC2)no1. The topological polar surface area (TPSA) is 62.4 Å². The van der Waals surface area contributed by atoms with E-state index in [9.17, 15) is 5.11 Å². The van der Waals surface area contributed by atoms with E-state index in [4.69, 9.17) is 4.52 Å². The average molecular weight is 329 g/mol. The second-order valence-corrected chi connectivity index (χ2v) is 6.69. The van der Waals surface area contributed by atoms with Gasteiger partial charge < -0.3 is 9.63 Å². The first-order valence-corrected chi connectivity index (χ1v) is 8.97. The lowest BCUT2D eigenvalue weighted by Gasteiger charge is -2.32. The Morgan fingerprint density at radius 1 is 1.21 bits per heavy atom. The van der Waals surface area contributed by atoms with E-state index in [2.05, 4.69) is 34.1 Å². The second-order valence-electron chi connectivity index (χ2n) is 6.69. The summed E-state index contributed by atoms with van der Waals surface area (Å²) < 4.78 is 5.44. The third-order valence-corrected chi connectivity index (χ3v) is 4.94. The van der Waals surface area contributed by atoms with Gasteiger partial charge in [-0.05, 0) is 30.9 Å². The van der Waals surface area contributed by atoms with Crippen LogP contribution in [-0.2, 0) is 13.0 Å². The van der Waals surface area contributed by atoms with Gasteiger partial charge in [-0.1, -0.05) is 48.7 Å². The number of aliphatic hydroxyl groups is 1. The number of aliphatic hydroxyl groups excluding tert-OH is 1. The largest absolute Gasteiger partial charge is 0.395 e. The average Bonchev–Trinajstić information content (AvgIpc) is 3.04. The molecule has 0 saturated heterocycles. The smallest absolute Gasteiger partial charge is 0.231 e. The van der Waals surface area contributed by atoms with Crippen molar-refractivity contribution >= 4 is 0 Å². The van der Waals surface area contributed by atoms with Crippen molar-refractivity contribution in [3.8, 4) is 0 Å². The Labute approximate surface area is 143 Å². The quantitative estimate of drug-likeness (QED) is 0.846. The van der Waals surface area contributed by atoms with Crippen LogP contribution in [0.2, 0.25) is 0 Å². The number of hydrogen-bond acceptors (Lipinski definition) is 5. The fraction of sp³-hybridized carbons (Fsp3) is 0.579. The minimum Gasteiger partial charge on any atom is -0.395 e. The Kier molecular flexibility index (Phi) is 5.99. The normalized spacial score (nSPS) is 16.0. The number of nitrogens with zero attached hydrogens (tertiary/aromatic N) is 3. The molecule has 2 aromatic rings. The molecule has 0 aliphatic heterocycles. The van der Waals surface area contributed by atoms with Gasteiger partial charge in [0.25, 0.3) is 0 Å². The number of aromatic nitrogens is 2. The Hall–Kier alpha value is -1.72. The lowest BCUT2D eigenvalue weighted by atomic mass is 9.94. The van der Waals surface area contributed by atoms with Gasteiger partial charge in [0, 0.05) is 12.6 Å². The minimum absolute atomic E-state index is 0.171. The lowest BCUT2D eigenvalue weighted by Crippen LogP contribution is -2.38. The van der Waals surface area contributed by atoms with Crippen LogP contribution in [0.25, 0.3) is 0 Å². The fourth-order valence-electron chi connectivity index (χ4n) is 3.54. The molecule has 1 N–H and O–H groups in total. The lowest BCUT2D eigenvalue weighted by molar-refractivity contribution is 0.113. The van der Waals surface area contributed by atoms with E-state index in [-0.39, 0.29) is 6.61 Å². The molecule has 1 saturated carbocycles. The molecule has 1 aliphatic carbocycles. The van der Waals surface area contributed by atoms with Crippen molar-refractivity contribution in [1.29, 1.82) is 0 Å². The van der Waals surface area contributed by atoms with Gasteiger partial charge in [0.15, 0.2) is 5.82 Å². The van der Waals surface area contributed by atoms with Crippen molar-refractivity contribution in [2.75, 3.05) is 13.2 Å². The summed E-state index contributed by atoms with van der Waals surface area (Å²) in [7, 11) is 0. The van der Waals surface area contributed by atoms with Gasteiger partial charge in [0.2, 0.25) is 5.89 Å². The summed E-state index contributed by atoms with van der Waals surface area (Å²) in [6.07, 6.45) is 6.95. The molecule has 0 spiro atoms. The molecule has 24 heavy (non-hydrogen) atoms. The Balaban J connectivity index is 1.64. The molecule has 1 heterocycles. The molecule has 0 radical (unpaired) electrons. The summed E-state index contributed by atoms with van der Waals surface area (Å²) in [6.45, 7) is 3.60. The van der Waals surface area contributed by atoms with Gasteiger partial charge in [-0.3, -0.25) is 4.90 Å². The van der Waals surface area contributed by atoms with Gasteiger partial charge in [-0.2, -0.15) is 4.98 Å². The van der Waals surface area contributed by atoms with Gasteiger partial charge in [0.1, 0.15) is 0 Å². The van der Waals surface area contributed by atoms with Crippen molar-refractivity contribution < 1.29 is 9.63 Å². The summed E-state index contributed by atoms with van der Waals surface area (Å²) in [5, 5.41) is 13.5. The summed E-state index contributed by atoms with van der Waals surface area (Å²) in [4.78, 5) is 6.87. The van der Waals surface area contributed by atoms with Crippen LogP contribution in [0, 0.1) is 6.92 Å². The van der Waals surface area contributed by atoms with E-state index >= 15 is 0 Å². The molecule has 5 nitrogen and oxygen atoms in total. The van der Waals surface area contributed by atoms with Gasteiger partial charge in [0.05, 0.1) is 19.6 Å². The fourth-order valence-corrected chi connectivity index (χ4v) is 3.54. The summed E-state index contributed by atoms with van der Waals surface area (Å²) in [5.41, 5.74) is 2.45. The molecule has 0 unspecified atom stereocenters. The number of aryl methyl sites for hydroxylation is 1. The monoisotopic (exact) mass is 329 g/mol. The van der Waals surface area contributed by atoms with Crippen molar-refractivity contribution in [2.45, 2.75) is 58.0 Å². The Morgan fingerprint density at radius 2 is 2.00 bits per heavy atom. The van der Waals surface area contributed by atoms with E-state index in [0.717, 1.165) is 5.82 Å². The first-order chi connectivity index (χ1) is 11.8. The molecule has 1 aromatic heterocycles. The summed E-state index contributed by atoms with van der Waals surface area (Å²) in [5.74, 6) is 1.38. The van der Waals surface area contributed by atoms with Crippen molar-refractivity contribution in [1.82, 2.24) is 15.0 Å². The van der Waals surface area contributed by atoms with Crippen LogP contribution in [0.4, 0.5) is 0 Å².